The molecule has 1 aromatic rings. The van der Waals surface area contributed by atoms with Crippen molar-refractivity contribution >= 4 is 37.6 Å². The van der Waals surface area contributed by atoms with Crippen molar-refractivity contribution in [1.82, 2.24) is 9.71 Å². The fourth-order valence-corrected chi connectivity index (χ4v) is 3.63. The van der Waals surface area contributed by atoms with Gasteiger partial charge in [0.1, 0.15) is 10.0 Å². The zero-order valence-corrected chi connectivity index (χ0v) is 12.7. The van der Waals surface area contributed by atoms with E-state index in [4.69, 9.17) is 11.6 Å². The van der Waals surface area contributed by atoms with E-state index in [1.165, 1.54) is 12.3 Å². The van der Waals surface area contributed by atoms with Gasteiger partial charge in [-0.05, 0) is 35.3 Å². The number of aromatic nitrogens is 1. The minimum atomic E-state index is -3.61. The third kappa shape index (κ3) is 4.21. The van der Waals surface area contributed by atoms with Gasteiger partial charge in [0, 0.05) is 16.7 Å². The van der Waals surface area contributed by atoms with Gasteiger partial charge in [-0.1, -0.05) is 24.9 Å². The molecule has 1 rings (SSSR count). The molecule has 1 heterocycles. The molecule has 17 heavy (non-hydrogen) atoms. The molecule has 1 unspecified atom stereocenters. The summed E-state index contributed by atoms with van der Waals surface area (Å²) >= 11 is 8.96. The van der Waals surface area contributed by atoms with E-state index in [9.17, 15) is 8.42 Å². The molecular formula is C10H14BrClN2O2S. The minimum absolute atomic E-state index is 0.00325. The fraction of sp³-hybridized carbons (Fsp3) is 0.500. The van der Waals surface area contributed by atoms with Gasteiger partial charge in [0.15, 0.2) is 0 Å². The lowest BCUT2D eigenvalue weighted by Crippen LogP contribution is -2.32. The number of nitrogens with one attached hydrogen (secondary N) is 1. The normalized spacial score (nSPS) is 13.6. The Morgan fingerprint density at radius 1 is 1.59 bits per heavy atom. The molecule has 4 nitrogen and oxygen atoms in total. The van der Waals surface area contributed by atoms with Crippen LogP contribution in [-0.4, -0.2) is 19.4 Å². The first-order valence-corrected chi connectivity index (χ1v) is 7.85. The summed E-state index contributed by atoms with van der Waals surface area (Å²) in [5.41, 5.74) is 0. The summed E-state index contributed by atoms with van der Waals surface area (Å²) in [7, 11) is -3.61. The van der Waals surface area contributed by atoms with Crippen molar-refractivity contribution in [3.63, 3.8) is 0 Å². The van der Waals surface area contributed by atoms with Crippen molar-refractivity contribution in [3.05, 3.63) is 21.9 Å². The van der Waals surface area contributed by atoms with Crippen LogP contribution in [-0.2, 0) is 10.0 Å². The first-order chi connectivity index (χ1) is 7.86. The smallest absolute Gasteiger partial charge is 0.242 e. The minimum Gasteiger partial charge on any atom is -0.242 e. The first kappa shape index (κ1) is 14.9. The van der Waals surface area contributed by atoms with Gasteiger partial charge >= 0.3 is 0 Å². The van der Waals surface area contributed by atoms with Crippen LogP contribution in [0.4, 0.5) is 0 Å². The second-order valence-corrected chi connectivity index (χ2v) is 6.71. The largest absolute Gasteiger partial charge is 0.243 e. The third-order valence-corrected chi connectivity index (χ3v) is 4.59. The van der Waals surface area contributed by atoms with Crippen LogP contribution in [0.3, 0.4) is 0 Å². The lowest BCUT2D eigenvalue weighted by molar-refractivity contribution is 0.543. The molecule has 0 saturated carbocycles. The van der Waals surface area contributed by atoms with Crippen molar-refractivity contribution in [2.75, 3.05) is 0 Å². The molecule has 0 amide bonds. The molecule has 1 aromatic heterocycles. The molecule has 0 bridgehead atoms. The quantitative estimate of drug-likeness (QED) is 0.838. The lowest BCUT2D eigenvalue weighted by atomic mass is 10.2. The molecule has 96 valence electrons. The fourth-order valence-electron chi connectivity index (χ4n) is 1.41. The first-order valence-electron chi connectivity index (χ1n) is 5.20. The average molecular weight is 342 g/mol. The van der Waals surface area contributed by atoms with Crippen molar-refractivity contribution in [2.45, 2.75) is 37.6 Å². The molecule has 0 fully saturated rings. The summed E-state index contributed by atoms with van der Waals surface area (Å²) in [5, 5.41) is -0.0237. The molecule has 0 aliphatic carbocycles. The second kappa shape index (κ2) is 6.13. The molecule has 0 saturated heterocycles. The zero-order chi connectivity index (χ0) is 13.1. The predicted octanol–water partition coefficient (Wildman–Crippen LogP) is 2.96. The van der Waals surface area contributed by atoms with E-state index in [0.29, 0.717) is 4.47 Å². The Hall–Kier alpha value is -0.170. The van der Waals surface area contributed by atoms with Crippen LogP contribution in [0.1, 0.15) is 26.7 Å². The molecule has 0 aliphatic rings. The average Bonchev–Trinajstić information content (AvgIpc) is 2.21. The van der Waals surface area contributed by atoms with Crippen LogP contribution in [0.2, 0.25) is 5.15 Å². The van der Waals surface area contributed by atoms with Crippen LogP contribution in [0.25, 0.3) is 0 Å². The van der Waals surface area contributed by atoms with E-state index in [-0.39, 0.29) is 16.1 Å². The topological polar surface area (TPSA) is 59.1 Å². The van der Waals surface area contributed by atoms with E-state index in [1.54, 1.807) is 0 Å². The molecule has 0 spiro atoms. The van der Waals surface area contributed by atoms with Gasteiger partial charge in [-0.25, -0.2) is 18.1 Å². The van der Waals surface area contributed by atoms with Gasteiger partial charge in [0.25, 0.3) is 0 Å². The maximum atomic E-state index is 12.0. The van der Waals surface area contributed by atoms with Gasteiger partial charge in [0.2, 0.25) is 10.0 Å². The van der Waals surface area contributed by atoms with Crippen LogP contribution < -0.4 is 4.72 Å². The maximum absolute atomic E-state index is 12.0. The lowest BCUT2D eigenvalue weighted by Gasteiger charge is -2.13. The van der Waals surface area contributed by atoms with Gasteiger partial charge in [-0.3, -0.25) is 0 Å². The molecule has 1 atom stereocenters. The number of hydrogen-bond donors (Lipinski definition) is 1. The molecule has 0 aromatic carbocycles. The molecule has 0 radical (unpaired) electrons. The Morgan fingerprint density at radius 2 is 2.24 bits per heavy atom. The van der Waals surface area contributed by atoms with E-state index in [1.807, 2.05) is 13.8 Å². The Balaban J connectivity index is 3.01. The van der Waals surface area contributed by atoms with Crippen molar-refractivity contribution in [2.24, 2.45) is 0 Å². The third-order valence-electron chi connectivity index (χ3n) is 2.14. The summed E-state index contributed by atoms with van der Waals surface area (Å²) in [6.45, 7) is 3.82. The maximum Gasteiger partial charge on any atom is 0.243 e. The highest BCUT2D eigenvalue weighted by Gasteiger charge is 2.21. The van der Waals surface area contributed by atoms with Crippen LogP contribution in [0.5, 0.6) is 0 Å². The highest BCUT2D eigenvalue weighted by molar-refractivity contribution is 9.10. The Bertz CT molecular complexity index is 493. The van der Waals surface area contributed by atoms with Crippen molar-refractivity contribution in [1.29, 1.82) is 0 Å². The summed E-state index contributed by atoms with van der Waals surface area (Å²) in [6, 6.07) is 1.32. The Morgan fingerprint density at radius 3 is 2.82 bits per heavy atom. The summed E-state index contributed by atoms with van der Waals surface area (Å²) in [6.07, 6.45) is 3.14. The van der Waals surface area contributed by atoms with Crippen molar-refractivity contribution < 1.29 is 8.42 Å². The summed E-state index contributed by atoms with van der Waals surface area (Å²) in [4.78, 5) is 3.79. The van der Waals surface area contributed by atoms with E-state index >= 15 is 0 Å². The predicted molar refractivity (Wildman–Crippen MR) is 71.6 cm³/mol. The van der Waals surface area contributed by atoms with Gasteiger partial charge < -0.3 is 0 Å². The number of nitrogens with zero attached hydrogens (tertiary/aromatic N) is 1. The van der Waals surface area contributed by atoms with Crippen LogP contribution >= 0.6 is 27.5 Å². The highest BCUT2D eigenvalue weighted by Crippen LogP contribution is 2.22. The van der Waals surface area contributed by atoms with Crippen LogP contribution in [0, 0.1) is 0 Å². The van der Waals surface area contributed by atoms with Crippen molar-refractivity contribution in [3.8, 4) is 0 Å². The van der Waals surface area contributed by atoms with Gasteiger partial charge in [-0.15, -0.1) is 0 Å². The highest BCUT2D eigenvalue weighted by atomic mass is 79.9. The molecule has 1 N–H and O–H groups in total. The Labute approximate surface area is 115 Å². The van der Waals surface area contributed by atoms with E-state index in [0.717, 1.165) is 12.8 Å². The standard InChI is InChI=1S/C10H14BrClN2O2S/c1-3-4-7(2)14-17(15,16)9-5-8(11)6-13-10(9)12/h5-7,14H,3-4H2,1-2H3. The SMILES string of the molecule is CCCC(C)NS(=O)(=O)c1cc(Br)cnc1Cl. The summed E-state index contributed by atoms with van der Waals surface area (Å²) in [5.74, 6) is 0. The molecular weight excluding hydrogens is 328 g/mol. The number of sulfonamides is 1. The molecule has 7 heteroatoms. The zero-order valence-electron chi connectivity index (χ0n) is 9.57. The number of pyridine rings is 1. The van der Waals surface area contributed by atoms with E-state index < -0.39 is 10.0 Å². The number of hydrogen-bond acceptors (Lipinski definition) is 3. The number of halogens is 2. The second-order valence-electron chi connectivity index (χ2n) is 3.75. The number of rotatable bonds is 5. The monoisotopic (exact) mass is 340 g/mol. The van der Waals surface area contributed by atoms with E-state index in [2.05, 4.69) is 25.6 Å². The Kier molecular flexibility index (Phi) is 5.37. The summed E-state index contributed by atoms with van der Waals surface area (Å²) < 4.78 is 27.2. The van der Waals surface area contributed by atoms with Gasteiger partial charge in [0.05, 0.1) is 0 Å². The van der Waals surface area contributed by atoms with Crippen LogP contribution in [0.15, 0.2) is 21.6 Å². The van der Waals surface area contributed by atoms with Gasteiger partial charge in [-0.2, -0.15) is 0 Å². The molecule has 0 aliphatic heterocycles.